The van der Waals surface area contributed by atoms with Crippen LogP contribution in [0.15, 0.2) is 18.2 Å². The Balaban J connectivity index is 1.99. The van der Waals surface area contributed by atoms with Crippen molar-refractivity contribution in [2.45, 2.75) is 38.1 Å². The van der Waals surface area contributed by atoms with Crippen molar-refractivity contribution in [2.75, 3.05) is 11.9 Å². The third kappa shape index (κ3) is 3.23. The molecular weight excluding hydrogens is 247 g/mol. The van der Waals surface area contributed by atoms with Gasteiger partial charge in [-0.1, -0.05) is 18.9 Å². The van der Waals surface area contributed by atoms with Crippen LogP contribution in [0.3, 0.4) is 0 Å². The Morgan fingerprint density at radius 1 is 1.42 bits per heavy atom. The molecule has 104 valence electrons. The van der Waals surface area contributed by atoms with E-state index in [1.807, 2.05) is 0 Å². The molecule has 1 aliphatic carbocycles. The molecule has 19 heavy (non-hydrogen) atoms. The maximum Gasteiger partial charge on any atom is 0.319 e. The summed E-state index contributed by atoms with van der Waals surface area (Å²) in [6.07, 6.45) is 3.55. The van der Waals surface area contributed by atoms with Crippen molar-refractivity contribution in [3.8, 4) is 0 Å². The molecule has 4 nitrogen and oxygen atoms in total. The van der Waals surface area contributed by atoms with Crippen LogP contribution in [0.25, 0.3) is 0 Å². The summed E-state index contributed by atoms with van der Waals surface area (Å²) < 4.78 is 13.4. The second kappa shape index (κ2) is 5.57. The predicted octanol–water partition coefficient (Wildman–Crippen LogP) is 2.56. The van der Waals surface area contributed by atoms with Gasteiger partial charge in [-0.2, -0.15) is 0 Å². The van der Waals surface area contributed by atoms with E-state index >= 15 is 0 Å². The minimum absolute atomic E-state index is 0.0668. The number of benzene rings is 1. The number of nitrogens with one attached hydrogen (secondary N) is 2. The average molecular weight is 266 g/mol. The molecule has 0 saturated heterocycles. The van der Waals surface area contributed by atoms with E-state index in [0.717, 1.165) is 25.7 Å². The van der Waals surface area contributed by atoms with Crippen molar-refractivity contribution >= 4 is 11.7 Å². The van der Waals surface area contributed by atoms with Crippen LogP contribution < -0.4 is 10.6 Å². The van der Waals surface area contributed by atoms with Crippen LogP contribution in [0, 0.1) is 12.7 Å². The number of rotatable bonds is 3. The monoisotopic (exact) mass is 266 g/mol. The van der Waals surface area contributed by atoms with Crippen molar-refractivity contribution in [2.24, 2.45) is 0 Å². The number of hydrogen-bond donors (Lipinski definition) is 3. The quantitative estimate of drug-likeness (QED) is 0.787. The van der Waals surface area contributed by atoms with Gasteiger partial charge in [0, 0.05) is 5.69 Å². The first kappa shape index (κ1) is 13.8. The lowest BCUT2D eigenvalue weighted by Crippen LogP contribution is -2.50. The lowest BCUT2D eigenvalue weighted by Gasteiger charge is -2.28. The van der Waals surface area contributed by atoms with Gasteiger partial charge in [-0.05, 0) is 37.5 Å². The first-order valence-corrected chi connectivity index (χ1v) is 6.51. The molecule has 1 aliphatic rings. The lowest BCUT2D eigenvalue weighted by molar-refractivity contribution is 0.167. The number of anilines is 1. The van der Waals surface area contributed by atoms with E-state index in [4.69, 9.17) is 0 Å². The molecule has 0 unspecified atom stereocenters. The van der Waals surface area contributed by atoms with Crippen LogP contribution in [0.4, 0.5) is 14.9 Å². The van der Waals surface area contributed by atoms with Crippen molar-refractivity contribution in [3.63, 3.8) is 0 Å². The van der Waals surface area contributed by atoms with Gasteiger partial charge in [0.15, 0.2) is 0 Å². The molecule has 1 fully saturated rings. The molecule has 5 heteroatoms. The number of halogens is 1. The normalized spacial score (nSPS) is 17.2. The molecule has 0 aliphatic heterocycles. The van der Waals surface area contributed by atoms with Gasteiger partial charge in [-0.3, -0.25) is 0 Å². The van der Waals surface area contributed by atoms with Gasteiger partial charge in [-0.15, -0.1) is 0 Å². The standard InChI is InChI=1S/C14H19FN2O2/c1-10-4-5-11(8-12(10)15)16-13(19)17-14(9-18)6-2-3-7-14/h4-5,8,18H,2-3,6-7,9H2,1H3,(H2,16,17,19). The first-order valence-electron chi connectivity index (χ1n) is 6.51. The maximum absolute atomic E-state index is 13.4. The molecule has 0 heterocycles. The van der Waals surface area contributed by atoms with Crippen LogP contribution in [-0.4, -0.2) is 23.3 Å². The second-order valence-corrected chi connectivity index (χ2v) is 5.19. The molecule has 0 aromatic heterocycles. The van der Waals surface area contributed by atoms with Crippen LogP contribution in [0.5, 0.6) is 0 Å². The SMILES string of the molecule is Cc1ccc(NC(=O)NC2(CO)CCCC2)cc1F. The molecule has 1 saturated carbocycles. The second-order valence-electron chi connectivity index (χ2n) is 5.19. The summed E-state index contributed by atoms with van der Waals surface area (Å²) in [4.78, 5) is 11.9. The summed E-state index contributed by atoms with van der Waals surface area (Å²) in [5.74, 6) is -0.351. The molecule has 0 bridgehead atoms. The third-order valence-electron chi connectivity index (χ3n) is 3.67. The zero-order valence-corrected chi connectivity index (χ0v) is 11.0. The number of aliphatic hydroxyl groups is 1. The van der Waals surface area contributed by atoms with Crippen LogP contribution in [0.1, 0.15) is 31.2 Å². The summed E-state index contributed by atoms with van der Waals surface area (Å²) in [6, 6.07) is 4.15. The zero-order chi connectivity index (χ0) is 13.9. The van der Waals surface area contributed by atoms with Gasteiger partial charge < -0.3 is 15.7 Å². The molecule has 2 amide bonds. The number of aryl methyl sites for hydroxylation is 1. The topological polar surface area (TPSA) is 61.4 Å². The van der Waals surface area contributed by atoms with E-state index in [1.54, 1.807) is 19.1 Å². The fraction of sp³-hybridized carbons (Fsp3) is 0.500. The van der Waals surface area contributed by atoms with Crippen LogP contribution >= 0.6 is 0 Å². The van der Waals surface area contributed by atoms with Crippen LogP contribution in [0.2, 0.25) is 0 Å². The Labute approximate surface area is 112 Å². The van der Waals surface area contributed by atoms with E-state index in [-0.39, 0.29) is 12.4 Å². The first-order chi connectivity index (χ1) is 9.04. The minimum atomic E-state index is -0.521. The lowest BCUT2D eigenvalue weighted by atomic mass is 9.99. The van der Waals surface area contributed by atoms with Gasteiger partial charge in [0.2, 0.25) is 0 Å². The van der Waals surface area contributed by atoms with Gasteiger partial charge >= 0.3 is 6.03 Å². The highest BCUT2D eigenvalue weighted by Gasteiger charge is 2.34. The Morgan fingerprint density at radius 2 is 2.11 bits per heavy atom. The molecule has 1 aromatic carbocycles. The molecular formula is C14H19FN2O2. The summed E-state index contributed by atoms with van der Waals surface area (Å²) >= 11 is 0. The Kier molecular flexibility index (Phi) is 4.04. The van der Waals surface area contributed by atoms with E-state index in [2.05, 4.69) is 10.6 Å². The minimum Gasteiger partial charge on any atom is -0.394 e. The molecule has 0 spiro atoms. The van der Waals surface area contributed by atoms with Gasteiger partial charge in [0.1, 0.15) is 5.82 Å². The highest BCUT2D eigenvalue weighted by atomic mass is 19.1. The summed E-state index contributed by atoms with van der Waals surface area (Å²) in [7, 11) is 0. The highest BCUT2D eigenvalue weighted by Crippen LogP contribution is 2.29. The van der Waals surface area contributed by atoms with Crippen molar-refractivity contribution < 1.29 is 14.3 Å². The molecule has 1 aromatic rings. The number of amides is 2. The Morgan fingerprint density at radius 3 is 2.68 bits per heavy atom. The fourth-order valence-corrected chi connectivity index (χ4v) is 2.45. The third-order valence-corrected chi connectivity index (χ3v) is 3.67. The molecule has 0 atom stereocenters. The molecule has 0 radical (unpaired) electrons. The van der Waals surface area contributed by atoms with Gasteiger partial charge in [-0.25, -0.2) is 9.18 Å². The average Bonchev–Trinajstić information content (AvgIpc) is 2.83. The number of carbonyl (C=O) groups excluding carboxylic acids is 1. The van der Waals surface area contributed by atoms with E-state index < -0.39 is 11.6 Å². The number of carbonyl (C=O) groups is 1. The summed E-state index contributed by atoms with van der Waals surface area (Å²) in [6.45, 7) is 1.60. The fourth-order valence-electron chi connectivity index (χ4n) is 2.45. The van der Waals surface area contributed by atoms with Gasteiger partial charge in [0.05, 0.1) is 12.1 Å². The Hall–Kier alpha value is -1.62. The van der Waals surface area contributed by atoms with Crippen LogP contribution in [-0.2, 0) is 0 Å². The van der Waals surface area contributed by atoms with Crippen molar-refractivity contribution in [3.05, 3.63) is 29.6 Å². The van der Waals surface area contributed by atoms with E-state index in [1.165, 1.54) is 6.07 Å². The number of hydrogen-bond acceptors (Lipinski definition) is 2. The smallest absolute Gasteiger partial charge is 0.319 e. The summed E-state index contributed by atoms with van der Waals surface area (Å²) in [5, 5.41) is 14.8. The van der Waals surface area contributed by atoms with Gasteiger partial charge in [0.25, 0.3) is 0 Å². The zero-order valence-electron chi connectivity index (χ0n) is 11.0. The summed E-state index contributed by atoms with van der Waals surface area (Å²) in [5.41, 5.74) is 0.424. The van der Waals surface area contributed by atoms with E-state index in [0.29, 0.717) is 11.3 Å². The largest absolute Gasteiger partial charge is 0.394 e. The number of aliphatic hydroxyl groups excluding tert-OH is 1. The molecule has 2 rings (SSSR count). The highest BCUT2D eigenvalue weighted by molar-refractivity contribution is 5.89. The van der Waals surface area contributed by atoms with Crippen molar-refractivity contribution in [1.29, 1.82) is 0 Å². The maximum atomic E-state index is 13.4. The van der Waals surface area contributed by atoms with E-state index in [9.17, 15) is 14.3 Å². The number of urea groups is 1. The predicted molar refractivity (Wildman–Crippen MR) is 71.6 cm³/mol. The molecule has 3 N–H and O–H groups in total. The Bertz CT molecular complexity index is 471. The van der Waals surface area contributed by atoms with Crippen molar-refractivity contribution in [1.82, 2.24) is 5.32 Å².